The van der Waals surface area contributed by atoms with Gasteiger partial charge in [-0.1, -0.05) is 12.1 Å². The smallest absolute Gasteiger partial charge is 0.270 e. The SMILES string of the molecule is COc1ccc(CCn2ncc(OCCN)cc2=O)cc1. The molecule has 0 aliphatic heterocycles. The number of rotatable bonds is 7. The lowest BCUT2D eigenvalue weighted by Crippen LogP contribution is -2.23. The van der Waals surface area contributed by atoms with Gasteiger partial charge in [-0.2, -0.15) is 5.10 Å². The van der Waals surface area contributed by atoms with Gasteiger partial charge in [0, 0.05) is 19.2 Å². The van der Waals surface area contributed by atoms with Crippen LogP contribution < -0.4 is 20.8 Å². The van der Waals surface area contributed by atoms with E-state index in [2.05, 4.69) is 5.10 Å². The van der Waals surface area contributed by atoms with Gasteiger partial charge in [0.1, 0.15) is 18.1 Å². The zero-order chi connectivity index (χ0) is 15.1. The molecule has 6 nitrogen and oxygen atoms in total. The molecule has 0 unspecified atom stereocenters. The van der Waals surface area contributed by atoms with Crippen molar-refractivity contribution in [3.05, 3.63) is 52.4 Å². The predicted octanol–water partition coefficient (Wildman–Crippen LogP) is 0.832. The van der Waals surface area contributed by atoms with E-state index in [1.54, 1.807) is 7.11 Å². The van der Waals surface area contributed by atoms with Gasteiger partial charge in [0.25, 0.3) is 5.56 Å². The zero-order valence-corrected chi connectivity index (χ0v) is 12.0. The van der Waals surface area contributed by atoms with Crippen molar-refractivity contribution in [3.63, 3.8) is 0 Å². The van der Waals surface area contributed by atoms with Crippen molar-refractivity contribution in [2.45, 2.75) is 13.0 Å². The van der Waals surface area contributed by atoms with Gasteiger partial charge >= 0.3 is 0 Å². The van der Waals surface area contributed by atoms with Gasteiger partial charge in [-0.15, -0.1) is 0 Å². The summed E-state index contributed by atoms with van der Waals surface area (Å²) < 4.78 is 11.8. The molecule has 112 valence electrons. The van der Waals surface area contributed by atoms with Crippen LogP contribution in [0.4, 0.5) is 0 Å². The van der Waals surface area contributed by atoms with Crippen LogP contribution >= 0.6 is 0 Å². The quantitative estimate of drug-likeness (QED) is 0.817. The zero-order valence-electron chi connectivity index (χ0n) is 12.0. The Morgan fingerprint density at radius 3 is 2.62 bits per heavy atom. The number of ether oxygens (including phenoxy) is 2. The summed E-state index contributed by atoms with van der Waals surface area (Å²) in [5.41, 5.74) is 6.28. The van der Waals surface area contributed by atoms with E-state index in [0.29, 0.717) is 25.4 Å². The third-order valence-electron chi connectivity index (χ3n) is 3.00. The molecule has 0 amide bonds. The van der Waals surface area contributed by atoms with Crippen LogP contribution in [0.5, 0.6) is 11.5 Å². The lowest BCUT2D eigenvalue weighted by atomic mass is 10.1. The minimum absolute atomic E-state index is 0.182. The molecule has 6 heteroatoms. The molecule has 0 radical (unpaired) electrons. The second-order valence-corrected chi connectivity index (χ2v) is 4.49. The fourth-order valence-electron chi connectivity index (χ4n) is 1.87. The molecule has 1 heterocycles. The average Bonchev–Trinajstić information content (AvgIpc) is 2.52. The molecule has 0 aliphatic rings. The molecule has 0 saturated heterocycles. The second-order valence-electron chi connectivity index (χ2n) is 4.49. The van der Waals surface area contributed by atoms with Crippen LogP contribution in [0.15, 0.2) is 41.3 Å². The Balaban J connectivity index is 1.97. The summed E-state index contributed by atoms with van der Waals surface area (Å²) in [6.07, 6.45) is 2.25. The minimum atomic E-state index is -0.182. The maximum absolute atomic E-state index is 11.9. The van der Waals surface area contributed by atoms with Crippen molar-refractivity contribution in [3.8, 4) is 11.5 Å². The molecule has 1 aromatic heterocycles. The first-order valence-corrected chi connectivity index (χ1v) is 6.76. The molecule has 2 aromatic rings. The summed E-state index contributed by atoms with van der Waals surface area (Å²) in [7, 11) is 1.63. The third-order valence-corrected chi connectivity index (χ3v) is 3.00. The van der Waals surface area contributed by atoms with E-state index in [0.717, 1.165) is 17.7 Å². The van der Waals surface area contributed by atoms with Gasteiger partial charge in [0.15, 0.2) is 0 Å². The molecule has 0 spiro atoms. The normalized spacial score (nSPS) is 10.4. The fraction of sp³-hybridized carbons (Fsp3) is 0.333. The van der Waals surface area contributed by atoms with Crippen LogP contribution in [-0.4, -0.2) is 30.0 Å². The summed E-state index contributed by atoms with van der Waals surface area (Å²) in [5.74, 6) is 1.27. The lowest BCUT2D eigenvalue weighted by molar-refractivity contribution is 0.323. The van der Waals surface area contributed by atoms with E-state index < -0.39 is 0 Å². The minimum Gasteiger partial charge on any atom is -0.497 e. The van der Waals surface area contributed by atoms with Gasteiger partial charge in [0.2, 0.25) is 0 Å². The number of aryl methyl sites for hydroxylation is 2. The number of methoxy groups -OCH3 is 1. The first-order valence-electron chi connectivity index (χ1n) is 6.76. The topological polar surface area (TPSA) is 79.4 Å². The van der Waals surface area contributed by atoms with Crippen molar-refractivity contribution < 1.29 is 9.47 Å². The largest absolute Gasteiger partial charge is 0.497 e. The molecule has 2 rings (SSSR count). The Hall–Kier alpha value is -2.34. The summed E-state index contributed by atoms with van der Waals surface area (Å²) in [4.78, 5) is 11.9. The van der Waals surface area contributed by atoms with Gasteiger partial charge in [-0.3, -0.25) is 4.79 Å². The van der Waals surface area contributed by atoms with Crippen LogP contribution in [0.2, 0.25) is 0 Å². The number of aromatic nitrogens is 2. The van der Waals surface area contributed by atoms with E-state index in [4.69, 9.17) is 15.2 Å². The van der Waals surface area contributed by atoms with Crippen LogP contribution in [0, 0.1) is 0 Å². The van der Waals surface area contributed by atoms with Gasteiger partial charge in [0.05, 0.1) is 13.3 Å². The van der Waals surface area contributed by atoms with Crippen LogP contribution in [0.3, 0.4) is 0 Å². The monoisotopic (exact) mass is 289 g/mol. The van der Waals surface area contributed by atoms with E-state index in [9.17, 15) is 4.79 Å². The summed E-state index contributed by atoms with van der Waals surface area (Å²) in [6, 6.07) is 9.17. The Kier molecular flexibility index (Phi) is 5.34. The van der Waals surface area contributed by atoms with E-state index in [-0.39, 0.29) is 5.56 Å². The second kappa shape index (κ2) is 7.44. The number of nitrogens with two attached hydrogens (primary N) is 1. The molecule has 1 aromatic carbocycles. The Bertz CT molecular complexity index is 623. The Morgan fingerprint density at radius 1 is 1.24 bits per heavy atom. The molecular formula is C15H19N3O3. The first kappa shape index (κ1) is 15.1. The highest BCUT2D eigenvalue weighted by atomic mass is 16.5. The number of benzene rings is 1. The maximum Gasteiger partial charge on any atom is 0.270 e. The molecule has 2 N–H and O–H groups in total. The molecule has 0 atom stereocenters. The van der Waals surface area contributed by atoms with Gasteiger partial charge in [-0.05, 0) is 24.1 Å². The fourth-order valence-corrected chi connectivity index (χ4v) is 1.87. The van der Waals surface area contributed by atoms with Gasteiger partial charge in [-0.25, -0.2) is 4.68 Å². The van der Waals surface area contributed by atoms with Crippen molar-refractivity contribution in [1.82, 2.24) is 9.78 Å². The lowest BCUT2D eigenvalue weighted by Gasteiger charge is -2.07. The number of hydrogen-bond donors (Lipinski definition) is 1. The standard InChI is InChI=1S/C15H19N3O3/c1-20-13-4-2-12(3-5-13)6-8-18-15(19)10-14(11-17-18)21-9-7-16/h2-5,10-11H,6-9,16H2,1H3. The van der Waals surface area contributed by atoms with E-state index >= 15 is 0 Å². The Morgan fingerprint density at radius 2 is 2.00 bits per heavy atom. The Labute approximate surface area is 123 Å². The highest BCUT2D eigenvalue weighted by Crippen LogP contribution is 2.12. The molecule has 0 aliphatic carbocycles. The maximum atomic E-state index is 11.9. The van der Waals surface area contributed by atoms with E-state index in [1.165, 1.54) is 16.9 Å². The molecule has 0 fully saturated rings. The van der Waals surface area contributed by atoms with Crippen molar-refractivity contribution in [2.75, 3.05) is 20.3 Å². The summed E-state index contributed by atoms with van der Waals surface area (Å²) >= 11 is 0. The highest BCUT2D eigenvalue weighted by molar-refractivity contribution is 5.27. The van der Waals surface area contributed by atoms with Crippen LogP contribution in [-0.2, 0) is 13.0 Å². The van der Waals surface area contributed by atoms with Crippen molar-refractivity contribution in [1.29, 1.82) is 0 Å². The van der Waals surface area contributed by atoms with Gasteiger partial charge < -0.3 is 15.2 Å². The van der Waals surface area contributed by atoms with Crippen molar-refractivity contribution in [2.24, 2.45) is 5.73 Å². The average molecular weight is 289 g/mol. The first-order chi connectivity index (χ1) is 10.2. The molecular weight excluding hydrogens is 270 g/mol. The number of nitrogens with zero attached hydrogens (tertiary/aromatic N) is 2. The molecule has 0 bridgehead atoms. The summed E-state index contributed by atoms with van der Waals surface area (Å²) in [5, 5.41) is 4.09. The predicted molar refractivity (Wildman–Crippen MR) is 79.7 cm³/mol. The molecule has 21 heavy (non-hydrogen) atoms. The van der Waals surface area contributed by atoms with Crippen molar-refractivity contribution >= 4 is 0 Å². The number of hydrogen-bond acceptors (Lipinski definition) is 5. The van der Waals surface area contributed by atoms with Crippen LogP contribution in [0.25, 0.3) is 0 Å². The van der Waals surface area contributed by atoms with E-state index in [1.807, 2.05) is 24.3 Å². The van der Waals surface area contributed by atoms with Crippen LogP contribution in [0.1, 0.15) is 5.56 Å². The highest BCUT2D eigenvalue weighted by Gasteiger charge is 2.02. The summed E-state index contributed by atoms with van der Waals surface area (Å²) in [6.45, 7) is 1.29. The molecule has 0 saturated carbocycles. The third kappa shape index (κ3) is 4.32.